The second-order valence-corrected chi connectivity index (χ2v) is 13.1. The Morgan fingerprint density at radius 2 is 1.06 bits per heavy atom. The van der Waals surface area contributed by atoms with E-state index in [0.29, 0.717) is 17.6 Å². The number of benzene rings is 7. The standard InChI is InChI=1S/C43H26N4S/c1-2-13-27(14-3-1)29-16-6-7-19-33(29)41-44-42(35-22-12-21-32-31-18-9-11-24-38(31)48-40(32)35)46-43(45-41)47-36-23-10-8-20-34(36)39-30-17-5-4-15-28(30)25-26-37(39)47/h1-26H. The van der Waals surface area contributed by atoms with E-state index in [2.05, 4.69) is 156 Å². The average Bonchev–Trinajstić information content (AvgIpc) is 3.71. The maximum atomic E-state index is 5.32. The van der Waals surface area contributed by atoms with Gasteiger partial charge in [0.05, 0.1) is 11.0 Å². The number of nitrogens with zero attached hydrogens (tertiary/aromatic N) is 4. The lowest BCUT2D eigenvalue weighted by atomic mass is 9.99. The molecule has 48 heavy (non-hydrogen) atoms. The first-order valence-corrected chi connectivity index (χ1v) is 16.9. The summed E-state index contributed by atoms with van der Waals surface area (Å²) in [5.41, 5.74) is 6.28. The normalized spacial score (nSPS) is 11.8. The molecule has 0 fully saturated rings. The Hall–Kier alpha value is -6.17. The van der Waals surface area contributed by atoms with E-state index in [0.717, 1.165) is 33.3 Å². The van der Waals surface area contributed by atoms with Gasteiger partial charge in [-0.05, 0) is 46.2 Å². The van der Waals surface area contributed by atoms with Crippen LogP contribution in [-0.2, 0) is 0 Å². The summed E-state index contributed by atoms with van der Waals surface area (Å²) in [5, 5.41) is 7.25. The lowest BCUT2D eigenvalue weighted by Crippen LogP contribution is -2.07. The van der Waals surface area contributed by atoms with Crippen LogP contribution in [0.25, 0.3) is 92.6 Å². The van der Waals surface area contributed by atoms with Crippen LogP contribution in [0.15, 0.2) is 158 Å². The van der Waals surface area contributed by atoms with E-state index >= 15 is 0 Å². The molecule has 0 bridgehead atoms. The van der Waals surface area contributed by atoms with E-state index in [1.54, 1.807) is 11.3 Å². The minimum absolute atomic E-state index is 0.595. The summed E-state index contributed by atoms with van der Waals surface area (Å²) >= 11 is 1.79. The van der Waals surface area contributed by atoms with E-state index in [9.17, 15) is 0 Å². The average molecular weight is 631 g/mol. The van der Waals surface area contributed by atoms with Gasteiger partial charge in [-0.3, -0.25) is 4.57 Å². The Kier molecular flexibility index (Phi) is 6.01. The van der Waals surface area contributed by atoms with Crippen molar-refractivity contribution < 1.29 is 0 Å². The van der Waals surface area contributed by atoms with Gasteiger partial charge in [0.2, 0.25) is 5.95 Å². The zero-order valence-corrected chi connectivity index (χ0v) is 26.5. The first-order chi connectivity index (χ1) is 23.8. The Morgan fingerprint density at radius 3 is 1.94 bits per heavy atom. The van der Waals surface area contributed by atoms with Crippen LogP contribution in [0.1, 0.15) is 0 Å². The van der Waals surface area contributed by atoms with E-state index in [4.69, 9.17) is 15.0 Å². The van der Waals surface area contributed by atoms with Crippen LogP contribution in [0.4, 0.5) is 0 Å². The molecule has 0 amide bonds. The first-order valence-electron chi connectivity index (χ1n) is 16.0. The van der Waals surface area contributed by atoms with Gasteiger partial charge in [0.1, 0.15) is 0 Å². The molecule has 10 rings (SSSR count). The lowest BCUT2D eigenvalue weighted by molar-refractivity contribution is 0.955. The molecule has 224 valence electrons. The molecule has 0 atom stereocenters. The highest BCUT2D eigenvalue weighted by Crippen LogP contribution is 2.41. The van der Waals surface area contributed by atoms with Crippen molar-refractivity contribution in [2.24, 2.45) is 0 Å². The summed E-state index contributed by atoms with van der Waals surface area (Å²) in [6, 6.07) is 55.4. The van der Waals surface area contributed by atoms with Crippen molar-refractivity contribution >= 4 is 64.1 Å². The summed E-state index contributed by atoms with van der Waals surface area (Å²) in [7, 11) is 0. The molecule has 7 aromatic carbocycles. The van der Waals surface area contributed by atoms with E-state index in [1.165, 1.54) is 41.7 Å². The molecule has 3 heterocycles. The number of aromatic nitrogens is 4. The highest BCUT2D eigenvalue weighted by molar-refractivity contribution is 7.26. The van der Waals surface area contributed by atoms with Crippen molar-refractivity contribution in [2.75, 3.05) is 0 Å². The fraction of sp³-hybridized carbons (Fsp3) is 0. The summed E-state index contributed by atoms with van der Waals surface area (Å²) < 4.78 is 4.63. The Bertz CT molecular complexity index is 2850. The minimum Gasteiger partial charge on any atom is -0.278 e. The molecule has 0 aliphatic rings. The van der Waals surface area contributed by atoms with E-state index in [-0.39, 0.29) is 0 Å². The molecule has 0 radical (unpaired) electrons. The topological polar surface area (TPSA) is 43.6 Å². The third-order valence-corrected chi connectivity index (χ3v) is 10.5. The van der Waals surface area contributed by atoms with Gasteiger partial charge in [-0.2, -0.15) is 9.97 Å². The van der Waals surface area contributed by atoms with Crippen molar-refractivity contribution in [3.8, 4) is 39.9 Å². The Balaban J connectivity index is 1.32. The summed E-state index contributed by atoms with van der Waals surface area (Å²) in [6.45, 7) is 0. The monoisotopic (exact) mass is 630 g/mol. The van der Waals surface area contributed by atoms with Crippen LogP contribution in [0.2, 0.25) is 0 Å². The molecular formula is C43H26N4S. The minimum atomic E-state index is 0.595. The highest BCUT2D eigenvalue weighted by Gasteiger charge is 2.21. The molecule has 0 saturated heterocycles. The van der Waals surface area contributed by atoms with Crippen molar-refractivity contribution in [1.29, 1.82) is 0 Å². The van der Waals surface area contributed by atoms with Crippen LogP contribution in [0.5, 0.6) is 0 Å². The summed E-state index contributed by atoms with van der Waals surface area (Å²) in [5.74, 6) is 1.89. The molecule has 4 nitrogen and oxygen atoms in total. The quantitative estimate of drug-likeness (QED) is 0.194. The van der Waals surface area contributed by atoms with Crippen LogP contribution < -0.4 is 0 Å². The predicted octanol–water partition coefficient (Wildman–Crippen LogP) is 11.5. The van der Waals surface area contributed by atoms with E-state index in [1.807, 2.05) is 6.07 Å². The maximum absolute atomic E-state index is 5.32. The third-order valence-electron chi connectivity index (χ3n) is 9.28. The van der Waals surface area contributed by atoms with Crippen LogP contribution in [0, 0.1) is 0 Å². The van der Waals surface area contributed by atoms with Crippen molar-refractivity contribution in [3.05, 3.63) is 158 Å². The fourth-order valence-corrected chi connectivity index (χ4v) is 8.34. The molecule has 0 spiro atoms. The van der Waals surface area contributed by atoms with Gasteiger partial charge in [-0.15, -0.1) is 11.3 Å². The van der Waals surface area contributed by atoms with E-state index < -0.39 is 0 Å². The van der Waals surface area contributed by atoms with Crippen LogP contribution in [-0.4, -0.2) is 19.5 Å². The van der Waals surface area contributed by atoms with Gasteiger partial charge in [0, 0.05) is 42.1 Å². The molecular weight excluding hydrogens is 605 g/mol. The Morgan fingerprint density at radius 1 is 0.417 bits per heavy atom. The number of fused-ring (bicyclic) bond motifs is 8. The third kappa shape index (κ3) is 4.11. The highest BCUT2D eigenvalue weighted by atomic mass is 32.1. The molecule has 0 saturated carbocycles. The molecule has 0 aliphatic heterocycles. The van der Waals surface area contributed by atoms with Crippen LogP contribution in [0.3, 0.4) is 0 Å². The zero-order valence-electron chi connectivity index (χ0n) is 25.7. The number of hydrogen-bond donors (Lipinski definition) is 0. The number of hydrogen-bond acceptors (Lipinski definition) is 4. The molecule has 3 aromatic heterocycles. The summed E-state index contributed by atoms with van der Waals surface area (Å²) in [6.07, 6.45) is 0. The summed E-state index contributed by atoms with van der Waals surface area (Å²) in [4.78, 5) is 15.9. The van der Waals surface area contributed by atoms with Gasteiger partial charge in [-0.1, -0.05) is 133 Å². The number of thiophene rings is 1. The molecule has 0 N–H and O–H groups in total. The maximum Gasteiger partial charge on any atom is 0.238 e. The van der Waals surface area contributed by atoms with Crippen LogP contribution >= 0.6 is 11.3 Å². The smallest absolute Gasteiger partial charge is 0.238 e. The number of para-hydroxylation sites is 1. The SMILES string of the molecule is c1ccc(-c2ccccc2-c2nc(-c3cccc4c3sc3ccccc34)nc(-n3c4ccccc4c4c5ccccc5ccc43)n2)cc1. The Labute approximate surface area is 280 Å². The van der Waals surface area contributed by atoms with Crippen molar-refractivity contribution in [3.63, 3.8) is 0 Å². The molecule has 5 heteroatoms. The fourth-order valence-electron chi connectivity index (χ4n) is 7.13. The largest absolute Gasteiger partial charge is 0.278 e. The van der Waals surface area contributed by atoms with Gasteiger partial charge in [0.15, 0.2) is 11.6 Å². The van der Waals surface area contributed by atoms with Gasteiger partial charge in [0.25, 0.3) is 0 Å². The molecule has 10 aromatic rings. The zero-order chi connectivity index (χ0) is 31.6. The van der Waals surface area contributed by atoms with Gasteiger partial charge >= 0.3 is 0 Å². The second-order valence-electron chi connectivity index (χ2n) is 12.0. The van der Waals surface area contributed by atoms with Gasteiger partial charge in [-0.25, -0.2) is 4.98 Å². The lowest BCUT2D eigenvalue weighted by Gasteiger charge is -2.13. The molecule has 0 unspecified atom stereocenters. The number of rotatable bonds is 4. The van der Waals surface area contributed by atoms with Gasteiger partial charge < -0.3 is 0 Å². The van der Waals surface area contributed by atoms with Crippen molar-refractivity contribution in [1.82, 2.24) is 19.5 Å². The predicted molar refractivity (Wildman–Crippen MR) is 201 cm³/mol. The first kappa shape index (κ1) is 27.0. The molecule has 0 aliphatic carbocycles. The second kappa shape index (κ2) is 10.7. The van der Waals surface area contributed by atoms with Crippen molar-refractivity contribution in [2.45, 2.75) is 0 Å².